The Bertz CT molecular complexity index is 150. The molecule has 0 fully saturated rings. The van der Waals surface area contributed by atoms with Gasteiger partial charge in [0.25, 0.3) is 0 Å². The van der Waals surface area contributed by atoms with Gasteiger partial charge < -0.3 is 16.2 Å². The number of hydrogen-bond donors (Lipinski definition) is 3. The highest BCUT2D eigenvalue weighted by Crippen LogP contribution is 2.03. The van der Waals surface area contributed by atoms with Crippen LogP contribution < -0.4 is 11.1 Å². The molecule has 1 atom stereocenters. The SMILES string of the molecule is CN[C@H](CSC=CN)C(=O)O. The summed E-state index contributed by atoms with van der Waals surface area (Å²) < 4.78 is 0. The first-order valence-electron chi connectivity index (χ1n) is 3.10. The third-order valence-electron chi connectivity index (χ3n) is 1.08. The van der Waals surface area contributed by atoms with Gasteiger partial charge in [-0.05, 0) is 12.5 Å². The Balaban J connectivity index is 3.61. The summed E-state index contributed by atoms with van der Waals surface area (Å²) in [6.45, 7) is 0. The minimum Gasteiger partial charge on any atom is -0.480 e. The molecule has 0 rings (SSSR count). The summed E-state index contributed by atoms with van der Waals surface area (Å²) in [5, 5.41) is 12.9. The molecule has 64 valence electrons. The molecule has 0 aliphatic heterocycles. The molecule has 0 heterocycles. The second-order valence-corrected chi connectivity index (χ2v) is 2.78. The maximum absolute atomic E-state index is 10.4. The molecule has 0 unspecified atom stereocenters. The lowest BCUT2D eigenvalue weighted by Gasteiger charge is -2.07. The average molecular weight is 176 g/mol. The zero-order valence-corrected chi connectivity index (χ0v) is 7.10. The van der Waals surface area contributed by atoms with Crippen molar-refractivity contribution in [3.05, 3.63) is 11.6 Å². The van der Waals surface area contributed by atoms with Crippen molar-refractivity contribution in [1.29, 1.82) is 0 Å². The van der Waals surface area contributed by atoms with E-state index in [0.717, 1.165) is 0 Å². The van der Waals surface area contributed by atoms with E-state index >= 15 is 0 Å². The van der Waals surface area contributed by atoms with E-state index < -0.39 is 12.0 Å². The van der Waals surface area contributed by atoms with Gasteiger partial charge in [0.15, 0.2) is 0 Å². The molecule has 0 aliphatic rings. The third-order valence-corrected chi connectivity index (χ3v) is 1.96. The van der Waals surface area contributed by atoms with E-state index in [2.05, 4.69) is 5.32 Å². The van der Waals surface area contributed by atoms with Crippen molar-refractivity contribution >= 4 is 17.7 Å². The molecule has 4 nitrogen and oxygen atoms in total. The van der Waals surface area contributed by atoms with E-state index in [1.807, 2.05) is 0 Å². The first-order valence-corrected chi connectivity index (χ1v) is 4.15. The normalized spacial score (nSPS) is 13.5. The highest BCUT2D eigenvalue weighted by molar-refractivity contribution is 8.02. The van der Waals surface area contributed by atoms with Crippen molar-refractivity contribution in [2.75, 3.05) is 12.8 Å². The van der Waals surface area contributed by atoms with Crippen LogP contribution in [0.15, 0.2) is 11.6 Å². The Labute approximate surface area is 69.8 Å². The molecule has 0 bridgehead atoms. The van der Waals surface area contributed by atoms with Gasteiger partial charge in [-0.2, -0.15) is 0 Å². The summed E-state index contributed by atoms with van der Waals surface area (Å²) in [5.74, 6) is -0.357. The topological polar surface area (TPSA) is 75.3 Å². The lowest BCUT2D eigenvalue weighted by atomic mass is 10.3. The highest BCUT2D eigenvalue weighted by Gasteiger charge is 2.12. The van der Waals surface area contributed by atoms with Crippen LogP contribution in [0.2, 0.25) is 0 Å². The van der Waals surface area contributed by atoms with Gasteiger partial charge in [0, 0.05) is 12.0 Å². The number of likely N-dealkylation sites (N-methyl/N-ethyl adjacent to an activating group) is 1. The van der Waals surface area contributed by atoms with E-state index in [1.54, 1.807) is 12.5 Å². The summed E-state index contributed by atoms with van der Waals surface area (Å²) in [6.07, 6.45) is 1.39. The number of carboxylic acid groups (broad SMARTS) is 1. The first kappa shape index (κ1) is 10.3. The molecule has 0 aromatic carbocycles. The van der Waals surface area contributed by atoms with Gasteiger partial charge in [0.2, 0.25) is 0 Å². The fourth-order valence-corrected chi connectivity index (χ4v) is 1.21. The second-order valence-electron chi connectivity index (χ2n) is 1.84. The van der Waals surface area contributed by atoms with Crippen molar-refractivity contribution < 1.29 is 9.90 Å². The van der Waals surface area contributed by atoms with Crippen LogP contribution in [0.1, 0.15) is 0 Å². The zero-order chi connectivity index (χ0) is 8.69. The number of nitrogens with one attached hydrogen (secondary N) is 1. The third kappa shape index (κ3) is 4.69. The Morgan fingerprint density at radius 2 is 2.55 bits per heavy atom. The van der Waals surface area contributed by atoms with Crippen LogP contribution >= 0.6 is 11.8 Å². The van der Waals surface area contributed by atoms with Gasteiger partial charge in [0.1, 0.15) is 6.04 Å². The molecule has 4 N–H and O–H groups in total. The smallest absolute Gasteiger partial charge is 0.321 e. The van der Waals surface area contributed by atoms with E-state index in [4.69, 9.17) is 10.8 Å². The fourth-order valence-electron chi connectivity index (χ4n) is 0.485. The lowest BCUT2D eigenvalue weighted by Crippen LogP contribution is -2.35. The molecule has 0 radical (unpaired) electrons. The summed E-state index contributed by atoms with van der Waals surface area (Å²) in [4.78, 5) is 10.4. The molecule has 0 spiro atoms. The lowest BCUT2D eigenvalue weighted by molar-refractivity contribution is -0.138. The Kier molecular flexibility index (Phi) is 5.68. The predicted molar refractivity (Wildman–Crippen MR) is 46.3 cm³/mol. The van der Waals surface area contributed by atoms with Gasteiger partial charge in [-0.15, -0.1) is 11.8 Å². The average Bonchev–Trinajstić information content (AvgIpc) is 1.97. The molecule has 0 aliphatic carbocycles. The number of hydrogen-bond acceptors (Lipinski definition) is 4. The molecule has 0 amide bonds. The van der Waals surface area contributed by atoms with Crippen LogP contribution in [0, 0.1) is 0 Å². The monoisotopic (exact) mass is 176 g/mol. The van der Waals surface area contributed by atoms with E-state index in [9.17, 15) is 4.79 Å². The number of nitrogens with two attached hydrogens (primary N) is 1. The largest absolute Gasteiger partial charge is 0.480 e. The molecule has 11 heavy (non-hydrogen) atoms. The van der Waals surface area contributed by atoms with Crippen LogP contribution in [0.4, 0.5) is 0 Å². The van der Waals surface area contributed by atoms with E-state index in [0.29, 0.717) is 5.75 Å². The molecular formula is C6H12N2O2S. The minimum absolute atomic E-state index is 0.486. The fraction of sp³-hybridized carbons (Fsp3) is 0.500. The first-order chi connectivity index (χ1) is 5.22. The molecule has 0 aromatic heterocycles. The molecule has 5 heteroatoms. The Morgan fingerprint density at radius 3 is 2.91 bits per heavy atom. The van der Waals surface area contributed by atoms with Crippen molar-refractivity contribution in [1.82, 2.24) is 5.32 Å². The number of carboxylic acids is 1. The van der Waals surface area contributed by atoms with E-state index in [-0.39, 0.29) is 0 Å². The van der Waals surface area contributed by atoms with Crippen molar-refractivity contribution in [3.8, 4) is 0 Å². The summed E-state index contributed by atoms with van der Waals surface area (Å²) in [5.41, 5.74) is 5.06. The van der Waals surface area contributed by atoms with Gasteiger partial charge in [-0.1, -0.05) is 0 Å². The van der Waals surface area contributed by atoms with E-state index in [1.165, 1.54) is 18.0 Å². The van der Waals surface area contributed by atoms with Gasteiger partial charge in [-0.3, -0.25) is 4.79 Å². The van der Waals surface area contributed by atoms with Crippen LogP contribution in [0.5, 0.6) is 0 Å². The van der Waals surface area contributed by atoms with Crippen LogP contribution in [-0.2, 0) is 4.79 Å². The second kappa shape index (κ2) is 6.06. The quantitative estimate of drug-likeness (QED) is 0.542. The van der Waals surface area contributed by atoms with Gasteiger partial charge >= 0.3 is 5.97 Å². The van der Waals surface area contributed by atoms with Crippen LogP contribution in [0.3, 0.4) is 0 Å². The summed E-state index contributed by atoms with van der Waals surface area (Å²) in [6, 6.07) is -0.504. The number of rotatable bonds is 5. The van der Waals surface area contributed by atoms with Gasteiger partial charge in [-0.25, -0.2) is 0 Å². The Morgan fingerprint density at radius 1 is 1.91 bits per heavy atom. The zero-order valence-electron chi connectivity index (χ0n) is 6.28. The van der Waals surface area contributed by atoms with Crippen molar-refractivity contribution in [3.63, 3.8) is 0 Å². The maximum Gasteiger partial charge on any atom is 0.321 e. The minimum atomic E-state index is -0.842. The molecule has 0 saturated heterocycles. The summed E-state index contributed by atoms with van der Waals surface area (Å²) in [7, 11) is 1.62. The number of carbonyl (C=O) groups is 1. The molecular weight excluding hydrogens is 164 g/mol. The molecule has 0 saturated carbocycles. The molecule has 0 aromatic rings. The highest BCUT2D eigenvalue weighted by atomic mass is 32.2. The standard InChI is InChI=1S/C6H12N2O2S/c1-8-5(6(9)10)4-11-3-2-7/h2-3,5,8H,4,7H2,1H3,(H,9,10)/t5-/m1/s1. The van der Waals surface area contributed by atoms with Crippen molar-refractivity contribution in [2.45, 2.75) is 6.04 Å². The van der Waals surface area contributed by atoms with Crippen LogP contribution in [-0.4, -0.2) is 29.9 Å². The predicted octanol–water partition coefficient (Wildman–Crippen LogP) is -0.178. The number of thioether (sulfide) groups is 1. The summed E-state index contributed by atoms with van der Waals surface area (Å²) >= 11 is 1.37. The maximum atomic E-state index is 10.4. The Hall–Kier alpha value is -0.680. The number of aliphatic carboxylic acids is 1. The van der Waals surface area contributed by atoms with Crippen LogP contribution in [0.25, 0.3) is 0 Å². The van der Waals surface area contributed by atoms with Crippen molar-refractivity contribution in [2.24, 2.45) is 5.73 Å². The van der Waals surface area contributed by atoms with Gasteiger partial charge in [0.05, 0.1) is 0 Å².